The molecular weight excluding hydrogens is 345 g/mol. The summed E-state index contributed by atoms with van der Waals surface area (Å²) in [6.45, 7) is 5.04. The lowest BCUT2D eigenvalue weighted by molar-refractivity contribution is -0.137. The summed E-state index contributed by atoms with van der Waals surface area (Å²) in [5.41, 5.74) is -0.765. The highest BCUT2D eigenvalue weighted by atomic mass is 35.5. The molecule has 0 unspecified atom stereocenters. The third-order valence-corrected chi connectivity index (χ3v) is 3.47. The number of hydrogen-bond acceptors (Lipinski definition) is 3. The molecular formula is C16H24ClF3N2O2. The fourth-order valence-corrected chi connectivity index (χ4v) is 1.98. The van der Waals surface area contributed by atoms with Gasteiger partial charge in [-0.05, 0) is 11.6 Å². The standard InChI is InChI=1S/C16H23F3N2O2.ClH/c1-15(2,11-21-14(22)10-20-7-8-23-3)12-5-4-6-13(9-12)16(17,18)19;/h4-6,9,20H,7-8,10-11H2,1-3H3,(H,21,22);1H. The topological polar surface area (TPSA) is 50.4 Å². The Morgan fingerprint density at radius 1 is 1.21 bits per heavy atom. The molecule has 0 spiro atoms. The van der Waals surface area contributed by atoms with Crippen LogP contribution in [0.1, 0.15) is 25.0 Å². The van der Waals surface area contributed by atoms with Crippen molar-refractivity contribution in [2.75, 3.05) is 33.4 Å². The molecule has 0 heterocycles. The Bertz CT molecular complexity index is 522. The molecule has 0 aliphatic rings. The Morgan fingerprint density at radius 2 is 1.83 bits per heavy atom. The normalized spacial score (nSPS) is 11.8. The van der Waals surface area contributed by atoms with Gasteiger partial charge in [0.25, 0.3) is 0 Å². The molecule has 0 fully saturated rings. The first-order valence-corrected chi connectivity index (χ1v) is 7.31. The predicted molar refractivity (Wildman–Crippen MR) is 89.5 cm³/mol. The molecule has 0 aromatic heterocycles. The number of hydrogen-bond donors (Lipinski definition) is 2. The largest absolute Gasteiger partial charge is 0.416 e. The number of ether oxygens (including phenoxy) is 1. The summed E-state index contributed by atoms with van der Waals surface area (Å²) < 4.78 is 43.2. The van der Waals surface area contributed by atoms with Crippen molar-refractivity contribution in [3.05, 3.63) is 35.4 Å². The van der Waals surface area contributed by atoms with E-state index in [1.807, 2.05) is 0 Å². The average Bonchev–Trinajstić information content (AvgIpc) is 2.49. The number of halogens is 4. The molecule has 138 valence electrons. The first kappa shape index (κ1) is 22.7. The fraction of sp³-hybridized carbons (Fsp3) is 0.562. The molecule has 0 radical (unpaired) electrons. The van der Waals surface area contributed by atoms with Gasteiger partial charge in [0.05, 0.1) is 18.7 Å². The monoisotopic (exact) mass is 368 g/mol. The van der Waals surface area contributed by atoms with E-state index in [0.29, 0.717) is 18.7 Å². The van der Waals surface area contributed by atoms with E-state index in [4.69, 9.17) is 4.74 Å². The highest BCUT2D eigenvalue weighted by Crippen LogP contribution is 2.32. The third-order valence-electron chi connectivity index (χ3n) is 3.47. The molecule has 0 aliphatic heterocycles. The molecule has 2 N–H and O–H groups in total. The summed E-state index contributed by atoms with van der Waals surface area (Å²) in [5.74, 6) is -0.207. The average molecular weight is 369 g/mol. The summed E-state index contributed by atoms with van der Waals surface area (Å²) in [6, 6.07) is 5.19. The number of carbonyl (C=O) groups excluding carboxylic acids is 1. The van der Waals surface area contributed by atoms with Crippen molar-refractivity contribution in [3.8, 4) is 0 Å². The van der Waals surface area contributed by atoms with Crippen molar-refractivity contribution >= 4 is 18.3 Å². The van der Waals surface area contributed by atoms with Crippen molar-refractivity contribution in [1.82, 2.24) is 10.6 Å². The summed E-state index contributed by atoms with van der Waals surface area (Å²) in [5, 5.41) is 5.64. The quantitative estimate of drug-likeness (QED) is 0.694. The molecule has 0 atom stereocenters. The van der Waals surface area contributed by atoms with Gasteiger partial charge in [0, 0.05) is 25.6 Å². The Kier molecular flexibility index (Phi) is 9.32. The number of rotatable bonds is 8. The van der Waals surface area contributed by atoms with Gasteiger partial charge in [-0.2, -0.15) is 13.2 Å². The number of nitrogens with one attached hydrogen (secondary N) is 2. The smallest absolute Gasteiger partial charge is 0.383 e. The van der Waals surface area contributed by atoms with Gasteiger partial charge in [0.15, 0.2) is 0 Å². The van der Waals surface area contributed by atoms with Crippen LogP contribution in [0, 0.1) is 0 Å². The maximum absolute atomic E-state index is 12.8. The molecule has 1 rings (SSSR count). The van der Waals surface area contributed by atoms with Crippen LogP contribution < -0.4 is 10.6 Å². The molecule has 1 amide bonds. The molecule has 0 bridgehead atoms. The van der Waals surface area contributed by atoms with E-state index >= 15 is 0 Å². The molecule has 4 nitrogen and oxygen atoms in total. The van der Waals surface area contributed by atoms with Crippen molar-refractivity contribution in [3.63, 3.8) is 0 Å². The van der Waals surface area contributed by atoms with Gasteiger partial charge in [-0.15, -0.1) is 12.4 Å². The number of carbonyl (C=O) groups is 1. The zero-order valence-corrected chi connectivity index (χ0v) is 14.8. The van der Waals surface area contributed by atoms with Crippen LogP contribution in [0.3, 0.4) is 0 Å². The van der Waals surface area contributed by atoms with E-state index in [-0.39, 0.29) is 31.4 Å². The van der Waals surface area contributed by atoms with E-state index < -0.39 is 17.2 Å². The van der Waals surface area contributed by atoms with Crippen molar-refractivity contribution in [1.29, 1.82) is 0 Å². The van der Waals surface area contributed by atoms with Crippen LogP contribution >= 0.6 is 12.4 Å². The lowest BCUT2D eigenvalue weighted by atomic mass is 9.83. The van der Waals surface area contributed by atoms with E-state index in [1.54, 1.807) is 27.0 Å². The SMILES string of the molecule is COCCNCC(=O)NCC(C)(C)c1cccc(C(F)(F)F)c1.Cl. The van der Waals surface area contributed by atoms with Gasteiger partial charge in [-0.25, -0.2) is 0 Å². The molecule has 8 heteroatoms. The zero-order chi connectivity index (χ0) is 17.5. The van der Waals surface area contributed by atoms with E-state index in [1.165, 1.54) is 6.07 Å². The fourth-order valence-electron chi connectivity index (χ4n) is 1.98. The molecule has 1 aromatic rings. The van der Waals surface area contributed by atoms with E-state index in [2.05, 4.69) is 10.6 Å². The number of alkyl halides is 3. The first-order chi connectivity index (χ1) is 10.7. The molecule has 0 saturated carbocycles. The van der Waals surface area contributed by atoms with Gasteiger partial charge < -0.3 is 15.4 Å². The lowest BCUT2D eigenvalue weighted by Gasteiger charge is -2.26. The van der Waals surface area contributed by atoms with Crippen LogP contribution in [0.25, 0.3) is 0 Å². The molecule has 24 heavy (non-hydrogen) atoms. The van der Waals surface area contributed by atoms with Gasteiger partial charge in [0.1, 0.15) is 0 Å². The van der Waals surface area contributed by atoms with Crippen LogP contribution in [0.15, 0.2) is 24.3 Å². The Labute approximate surface area is 146 Å². The van der Waals surface area contributed by atoms with E-state index in [0.717, 1.165) is 12.1 Å². The molecule has 0 aliphatic carbocycles. The van der Waals surface area contributed by atoms with Crippen LogP contribution in [0.5, 0.6) is 0 Å². The Balaban J connectivity index is 0.00000529. The second-order valence-corrected chi connectivity index (χ2v) is 5.91. The minimum absolute atomic E-state index is 0. The highest BCUT2D eigenvalue weighted by Gasteiger charge is 2.32. The summed E-state index contributed by atoms with van der Waals surface area (Å²) in [7, 11) is 1.57. The Morgan fingerprint density at radius 3 is 2.42 bits per heavy atom. The van der Waals surface area contributed by atoms with Gasteiger partial charge in [-0.3, -0.25) is 4.79 Å². The molecule has 0 saturated heterocycles. The van der Waals surface area contributed by atoms with Crippen molar-refractivity contribution < 1.29 is 22.7 Å². The zero-order valence-electron chi connectivity index (χ0n) is 14.0. The minimum atomic E-state index is -4.37. The summed E-state index contributed by atoms with van der Waals surface area (Å²) in [6.07, 6.45) is -4.37. The van der Waals surface area contributed by atoms with Crippen LogP contribution in [0.4, 0.5) is 13.2 Å². The summed E-state index contributed by atoms with van der Waals surface area (Å²) in [4.78, 5) is 11.7. The van der Waals surface area contributed by atoms with Gasteiger partial charge in [0.2, 0.25) is 5.91 Å². The van der Waals surface area contributed by atoms with Crippen LogP contribution in [-0.2, 0) is 21.1 Å². The van der Waals surface area contributed by atoms with Crippen molar-refractivity contribution in [2.24, 2.45) is 0 Å². The van der Waals surface area contributed by atoms with Gasteiger partial charge >= 0.3 is 6.18 Å². The highest BCUT2D eigenvalue weighted by molar-refractivity contribution is 5.85. The number of methoxy groups -OCH3 is 1. The van der Waals surface area contributed by atoms with Gasteiger partial charge in [-0.1, -0.05) is 32.0 Å². The maximum atomic E-state index is 12.8. The number of amides is 1. The van der Waals surface area contributed by atoms with Crippen LogP contribution in [0.2, 0.25) is 0 Å². The maximum Gasteiger partial charge on any atom is 0.416 e. The van der Waals surface area contributed by atoms with Crippen molar-refractivity contribution in [2.45, 2.75) is 25.4 Å². The predicted octanol–water partition coefficient (Wildman–Crippen LogP) is 2.76. The number of benzene rings is 1. The third kappa shape index (κ3) is 7.51. The first-order valence-electron chi connectivity index (χ1n) is 7.31. The minimum Gasteiger partial charge on any atom is -0.383 e. The van der Waals surface area contributed by atoms with Crippen LogP contribution in [-0.4, -0.2) is 39.3 Å². The summed E-state index contributed by atoms with van der Waals surface area (Å²) >= 11 is 0. The lowest BCUT2D eigenvalue weighted by Crippen LogP contribution is -2.41. The Hall–Kier alpha value is -1.31. The second kappa shape index (κ2) is 9.86. The molecule has 1 aromatic carbocycles. The second-order valence-electron chi connectivity index (χ2n) is 5.91. The van der Waals surface area contributed by atoms with E-state index in [9.17, 15) is 18.0 Å².